The second-order valence-corrected chi connectivity index (χ2v) is 4.64. The predicted octanol–water partition coefficient (Wildman–Crippen LogP) is 4.69. The molecule has 0 aromatic heterocycles. The second-order valence-electron chi connectivity index (χ2n) is 4.17. The van der Waals surface area contributed by atoms with Crippen LogP contribution >= 0.6 is 11.6 Å². The Morgan fingerprint density at radius 3 is 2.24 bits per heavy atom. The van der Waals surface area contributed by atoms with Gasteiger partial charge in [-0.1, -0.05) is 20.3 Å². The van der Waals surface area contributed by atoms with Crippen LogP contribution in [0.5, 0.6) is 5.75 Å². The molecule has 0 saturated heterocycles. The number of methoxy groups -OCH3 is 1. The van der Waals surface area contributed by atoms with Crippen LogP contribution < -0.4 is 4.74 Å². The van der Waals surface area contributed by atoms with Gasteiger partial charge in [0.25, 0.3) is 0 Å². The monoisotopic (exact) mass is 262 g/mol. The Bertz CT molecular complexity index is 359. The van der Waals surface area contributed by atoms with Crippen LogP contribution in [0, 0.1) is 17.6 Å². The molecule has 0 bridgehead atoms. The maximum atomic E-state index is 13.7. The van der Waals surface area contributed by atoms with Crippen molar-refractivity contribution in [3.05, 3.63) is 29.3 Å². The summed E-state index contributed by atoms with van der Waals surface area (Å²) in [6.45, 7) is 3.91. The molecule has 1 nitrogen and oxygen atoms in total. The average molecular weight is 263 g/mol. The fraction of sp³-hybridized carbons (Fsp3) is 0.538. The zero-order valence-electron chi connectivity index (χ0n) is 10.3. The number of ether oxygens (including phenoxy) is 1. The van der Waals surface area contributed by atoms with Crippen LogP contribution in [0.25, 0.3) is 0 Å². The molecule has 1 aromatic carbocycles. The molecular weight excluding hydrogens is 246 g/mol. The van der Waals surface area contributed by atoms with E-state index in [-0.39, 0.29) is 17.2 Å². The van der Waals surface area contributed by atoms with Gasteiger partial charge in [-0.05, 0) is 12.3 Å². The highest BCUT2D eigenvalue weighted by molar-refractivity contribution is 6.21. The Hall–Kier alpha value is -0.830. The summed E-state index contributed by atoms with van der Waals surface area (Å²) in [6, 6.07) is 2.32. The van der Waals surface area contributed by atoms with E-state index >= 15 is 0 Å². The predicted molar refractivity (Wildman–Crippen MR) is 65.6 cm³/mol. The molecule has 0 amide bonds. The first kappa shape index (κ1) is 14.2. The lowest BCUT2D eigenvalue weighted by Gasteiger charge is -2.19. The smallest absolute Gasteiger partial charge is 0.134 e. The van der Waals surface area contributed by atoms with Gasteiger partial charge < -0.3 is 4.74 Å². The molecular formula is C13H17ClF2O. The van der Waals surface area contributed by atoms with E-state index in [1.807, 2.05) is 13.8 Å². The van der Waals surface area contributed by atoms with Crippen molar-refractivity contribution in [3.8, 4) is 5.75 Å². The van der Waals surface area contributed by atoms with Crippen LogP contribution in [0.3, 0.4) is 0 Å². The minimum atomic E-state index is -0.652. The van der Waals surface area contributed by atoms with Gasteiger partial charge in [0.1, 0.15) is 17.4 Å². The average Bonchev–Trinajstić information content (AvgIpc) is 2.28. The van der Waals surface area contributed by atoms with Crippen molar-refractivity contribution in [1.82, 2.24) is 0 Å². The van der Waals surface area contributed by atoms with Gasteiger partial charge in [-0.3, -0.25) is 0 Å². The highest BCUT2D eigenvalue weighted by atomic mass is 35.5. The molecule has 0 fully saturated rings. The third kappa shape index (κ3) is 3.32. The van der Waals surface area contributed by atoms with Crippen molar-refractivity contribution in [1.29, 1.82) is 0 Å². The van der Waals surface area contributed by atoms with Crippen molar-refractivity contribution in [2.75, 3.05) is 7.11 Å². The summed E-state index contributed by atoms with van der Waals surface area (Å²) in [4.78, 5) is 0. The first-order valence-electron chi connectivity index (χ1n) is 5.68. The summed E-state index contributed by atoms with van der Waals surface area (Å²) in [7, 11) is 1.37. The Morgan fingerprint density at radius 2 is 1.82 bits per heavy atom. The quantitative estimate of drug-likeness (QED) is 0.700. The molecule has 0 heterocycles. The Balaban J connectivity index is 3.05. The second kappa shape index (κ2) is 6.20. The highest BCUT2D eigenvalue weighted by Crippen LogP contribution is 2.36. The molecule has 0 aliphatic heterocycles. The molecule has 0 aliphatic rings. The van der Waals surface area contributed by atoms with Gasteiger partial charge in [-0.25, -0.2) is 8.78 Å². The van der Waals surface area contributed by atoms with Crippen LogP contribution in [0.2, 0.25) is 0 Å². The molecule has 2 unspecified atom stereocenters. The maximum Gasteiger partial charge on any atom is 0.134 e. The highest BCUT2D eigenvalue weighted by Gasteiger charge is 2.24. The minimum Gasteiger partial charge on any atom is -0.497 e. The van der Waals surface area contributed by atoms with Gasteiger partial charge in [0.2, 0.25) is 0 Å². The van der Waals surface area contributed by atoms with Gasteiger partial charge in [0.05, 0.1) is 12.5 Å². The van der Waals surface area contributed by atoms with Gasteiger partial charge >= 0.3 is 0 Å². The largest absolute Gasteiger partial charge is 0.497 e. The van der Waals surface area contributed by atoms with E-state index in [1.165, 1.54) is 7.11 Å². The Morgan fingerprint density at radius 1 is 1.29 bits per heavy atom. The first-order chi connectivity index (χ1) is 8.01. The van der Waals surface area contributed by atoms with Crippen LogP contribution in [-0.4, -0.2) is 7.11 Å². The molecule has 4 heteroatoms. The van der Waals surface area contributed by atoms with Crippen LogP contribution in [0.15, 0.2) is 12.1 Å². The van der Waals surface area contributed by atoms with E-state index in [9.17, 15) is 8.78 Å². The van der Waals surface area contributed by atoms with Gasteiger partial charge in [0.15, 0.2) is 0 Å². The molecule has 0 spiro atoms. The maximum absolute atomic E-state index is 13.7. The van der Waals surface area contributed by atoms with E-state index in [0.717, 1.165) is 25.0 Å². The number of rotatable bonds is 5. The minimum absolute atomic E-state index is 0.0269. The molecule has 0 aliphatic carbocycles. The number of benzene rings is 1. The van der Waals surface area contributed by atoms with E-state index < -0.39 is 17.0 Å². The van der Waals surface area contributed by atoms with Gasteiger partial charge in [0, 0.05) is 17.7 Å². The standard InChI is InChI=1S/C13H17ClF2O/c1-4-5-8(2)13(14)12-10(15)6-9(17-3)7-11(12)16/h6-8,13H,4-5H2,1-3H3. The number of hydrogen-bond acceptors (Lipinski definition) is 1. The molecule has 2 atom stereocenters. The van der Waals surface area contributed by atoms with E-state index in [4.69, 9.17) is 16.3 Å². The molecule has 96 valence electrons. The zero-order valence-corrected chi connectivity index (χ0v) is 11.0. The fourth-order valence-corrected chi connectivity index (χ4v) is 2.16. The molecule has 17 heavy (non-hydrogen) atoms. The lowest BCUT2D eigenvalue weighted by atomic mass is 9.95. The Labute approximate surface area is 106 Å². The molecule has 0 saturated carbocycles. The number of halogens is 3. The van der Waals surface area contributed by atoms with Crippen molar-refractivity contribution in [2.45, 2.75) is 32.1 Å². The molecule has 1 rings (SSSR count). The van der Waals surface area contributed by atoms with Crippen molar-refractivity contribution in [3.63, 3.8) is 0 Å². The molecule has 0 N–H and O–H groups in total. The lowest BCUT2D eigenvalue weighted by molar-refractivity contribution is 0.401. The fourth-order valence-electron chi connectivity index (χ4n) is 1.83. The summed E-state index contributed by atoms with van der Waals surface area (Å²) in [5.41, 5.74) is -0.0617. The van der Waals surface area contributed by atoms with Gasteiger partial charge in [-0.15, -0.1) is 11.6 Å². The van der Waals surface area contributed by atoms with Crippen LogP contribution in [0.4, 0.5) is 8.78 Å². The van der Waals surface area contributed by atoms with E-state index in [2.05, 4.69) is 0 Å². The summed E-state index contributed by atoms with van der Waals surface area (Å²) >= 11 is 6.12. The van der Waals surface area contributed by atoms with E-state index in [1.54, 1.807) is 0 Å². The van der Waals surface area contributed by atoms with E-state index in [0.29, 0.717) is 0 Å². The van der Waals surface area contributed by atoms with Crippen molar-refractivity contribution in [2.24, 2.45) is 5.92 Å². The first-order valence-corrected chi connectivity index (χ1v) is 6.11. The topological polar surface area (TPSA) is 9.23 Å². The number of alkyl halides is 1. The normalized spacial score (nSPS) is 14.5. The Kier molecular flexibility index (Phi) is 5.19. The zero-order chi connectivity index (χ0) is 13.0. The summed E-state index contributed by atoms with van der Waals surface area (Å²) < 4.78 is 32.3. The van der Waals surface area contributed by atoms with Crippen molar-refractivity contribution >= 4 is 11.6 Å². The third-order valence-electron chi connectivity index (χ3n) is 2.81. The van der Waals surface area contributed by atoms with Gasteiger partial charge in [-0.2, -0.15) is 0 Å². The van der Waals surface area contributed by atoms with Crippen LogP contribution in [-0.2, 0) is 0 Å². The number of hydrogen-bond donors (Lipinski definition) is 0. The lowest BCUT2D eigenvalue weighted by Crippen LogP contribution is -2.08. The molecule has 0 radical (unpaired) electrons. The third-order valence-corrected chi connectivity index (χ3v) is 3.46. The SMILES string of the molecule is CCCC(C)C(Cl)c1c(F)cc(OC)cc1F. The van der Waals surface area contributed by atoms with Crippen molar-refractivity contribution < 1.29 is 13.5 Å². The van der Waals surface area contributed by atoms with Crippen LogP contribution in [0.1, 0.15) is 37.6 Å². The summed E-state index contributed by atoms with van der Waals surface area (Å²) in [5, 5.41) is -0.652. The molecule has 1 aromatic rings. The summed E-state index contributed by atoms with van der Waals surface area (Å²) in [5.74, 6) is -1.11. The summed E-state index contributed by atoms with van der Waals surface area (Å²) in [6.07, 6.45) is 1.77.